The second-order valence-electron chi connectivity index (χ2n) is 5.42. The standard InChI is InChI=1S/C14H20F3NO/c1-13(2,3)11-5-4-6-12(9-11)19-8-7-18-10-14(15,16)17/h4-6,9,18H,7-8,10H2,1-3H3. The van der Waals surface area contributed by atoms with E-state index < -0.39 is 12.7 Å². The Hall–Kier alpha value is -1.23. The van der Waals surface area contributed by atoms with Crippen molar-refractivity contribution in [1.82, 2.24) is 5.32 Å². The lowest BCUT2D eigenvalue weighted by Gasteiger charge is -2.19. The lowest BCUT2D eigenvalue weighted by molar-refractivity contribution is -0.124. The number of hydrogen-bond acceptors (Lipinski definition) is 2. The molecule has 0 heterocycles. The van der Waals surface area contributed by atoms with Crippen molar-refractivity contribution in [2.75, 3.05) is 19.7 Å². The van der Waals surface area contributed by atoms with Crippen LogP contribution in [0.1, 0.15) is 26.3 Å². The summed E-state index contributed by atoms with van der Waals surface area (Å²) >= 11 is 0. The molecule has 0 unspecified atom stereocenters. The van der Waals surface area contributed by atoms with Gasteiger partial charge in [0.15, 0.2) is 0 Å². The van der Waals surface area contributed by atoms with Gasteiger partial charge >= 0.3 is 6.18 Å². The van der Waals surface area contributed by atoms with Crippen molar-refractivity contribution in [2.45, 2.75) is 32.4 Å². The van der Waals surface area contributed by atoms with E-state index in [1.54, 1.807) is 6.07 Å². The fourth-order valence-electron chi connectivity index (χ4n) is 1.52. The molecule has 1 N–H and O–H groups in total. The quantitative estimate of drug-likeness (QED) is 0.830. The van der Waals surface area contributed by atoms with Crippen LogP contribution < -0.4 is 10.1 Å². The van der Waals surface area contributed by atoms with Gasteiger partial charge in [-0.05, 0) is 23.1 Å². The molecule has 0 aliphatic rings. The van der Waals surface area contributed by atoms with Crippen LogP contribution in [0.2, 0.25) is 0 Å². The van der Waals surface area contributed by atoms with Crippen LogP contribution in [0.15, 0.2) is 24.3 Å². The van der Waals surface area contributed by atoms with Gasteiger partial charge in [0.2, 0.25) is 0 Å². The van der Waals surface area contributed by atoms with Gasteiger partial charge < -0.3 is 10.1 Å². The van der Waals surface area contributed by atoms with Crippen LogP contribution in [0.4, 0.5) is 13.2 Å². The van der Waals surface area contributed by atoms with E-state index >= 15 is 0 Å². The zero-order chi connectivity index (χ0) is 14.5. The molecule has 0 radical (unpaired) electrons. The summed E-state index contributed by atoms with van der Waals surface area (Å²) in [5, 5.41) is 2.29. The summed E-state index contributed by atoms with van der Waals surface area (Å²) in [4.78, 5) is 0. The Morgan fingerprint density at radius 1 is 1.16 bits per heavy atom. The largest absolute Gasteiger partial charge is 0.492 e. The van der Waals surface area contributed by atoms with Crippen LogP contribution in [-0.2, 0) is 5.41 Å². The smallest absolute Gasteiger partial charge is 0.401 e. The van der Waals surface area contributed by atoms with Crippen LogP contribution in [0.25, 0.3) is 0 Å². The summed E-state index contributed by atoms with van der Waals surface area (Å²) in [6.07, 6.45) is -4.17. The van der Waals surface area contributed by atoms with E-state index in [4.69, 9.17) is 4.74 Å². The zero-order valence-corrected chi connectivity index (χ0v) is 11.5. The van der Waals surface area contributed by atoms with Crippen molar-refractivity contribution in [3.8, 4) is 5.75 Å². The van der Waals surface area contributed by atoms with Gasteiger partial charge in [0.05, 0.1) is 6.54 Å². The molecule has 1 aromatic carbocycles. The van der Waals surface area contributed by atoms with Crippen LogP contribution in [0, 0.1) is 0 Å². The molecule has 0 atom stereocenters. The molecule has 0 aromatic heterocycles. The molecule has 108 valence electrons. The lowest BCUT2D eigenvalue weighted by Crippen LogP contribution is -2.31. The van der Waals surface area contributed by atoms with E-state index in [0.29, 0.717) is 5.75 Å². The molecule has 1 rings (SSSR count). The Morgan fingerprint density at radius 3 is 2.42 bits per heavy atom. The summed E-state index contributed by atoms with van der Waals surface area (Å²) in [5.41, 5.74) is 1.15. The molecule has 2 nitrogen and oxygen atoms in total. The first kappa shape index (κ1) is 15.8. The van der Waals surface area contributed by atoms with E-state index in [1.807, 2.05) is 18.2 Å². The number of nitrogens with one attached hydrogen (secondary N) is 1. The van der Waals surface area contributed by atoms with Crippen molar-refractivity contribution in [3.05, 3.63) is 29.8 Å². The molecule has 0 fully saturated rings. The van der Waals surface area contributed by atoms with Crippen LogP contribution >= 0.6 is 0 Å². The average molecular weight is 275 g/mol. The Kier molecular flexibility index (Phi) is 5.23. The van der Waals surface area contributed by atoms with Gasteiger partial charge in [-0.25, -0.2) is 0 Å². The van der Waals surface area contributed by atoms with Gasteiger partial charge in [-0.15, -0.1) is 0 Å². The third-order valence-electron chi connectivity index (χ3n) is 2.57. The number of benzene rings is 1. The monoisotopic (exact) mass is 275 g/mol. The summed E-state index contributed by atoms with van der Waals surface area (Å²) in [7, 11) is 0. The van der Waals surface area contributed by atoms with Gasteiger partial charge in [-0.3, -0.25) is 0 Å². The van der Waals surface area contributed by atoms with E-state index in [-0.39, 0.29) is 18.6 Å². The number of ether oxygens (including phenoxy) is 1. The lowest BCUT2D eigenvalue weighted by atomic mass is 9.87. The average Bonchev–Trinajstić information content (AvgIpc) is 2.26. The molecule has 0 saturated carbocycles. The molecule has 0 amide bonds. The Bertz CT molecular complexity index is 396. The normalized spacial score (nSPS) is 12.5. The molecular formula is C14H20F3NO. The van der Waals surface area contributed by atoms with Crippen LogP contribution in [0.3, 0.4) is 0 Å². The van der Waals surface area contributed by atoms with E-state index in [1.165, 1.54) is 0 Å². The van der Waals surface area contributed by atoms with Gasteiger partial charge in [0.25, 0.3) is 0 Å². The Morgan fingerprint density at radius 2 is 1.84 bits per heavy atom. The predicted molar refractivity (Wildman–Crippen MR) is 69.6 cm³/mol. The third kappa shape index (κ3) is 6.47. The zero-order valence-electron chi connectivity index (χ0n) is 11.5. The maximum atomic E-state index is 11.9. The molecule has 0 aliphatic carbocycles. The van der Waals surface area contributed by atoms with Crippen molar-refractivity contribution < 1.29 is 17.9 Å². The summed E-state index contributed by atoms with van der Waals surface area (Å²) in [6, 6.07) is 7.62. The van der Waals surface area contributed by atoms with Gasteiger partial charge in [-0.2, -0.15) is 13.2 Å². The van der Waals surface area contributed by atoms with Crippen LogP contribution in [0.5, 0.6) is 5.75 Å². The minimum absolute atomic E-state index is 0.0217. The van der Waals surface area contributed by atoms with Gasteiger partial charge in [0.1, 0.15) is 12.4 Å². The first-order chi connectivity index (χ1) is 8.68. The van der Waals surface area contributed by atoms with Gasteiger partial charge in [0, 0.05) is 6.54 Å². The highest BCUT2D eigenvalue weighted by Crippen LogP contribution is 2.25. The number of hydrogen-bond donors (Lipinski definition) is 1. The highest BCUT2D eigenvalue weighted by molar-refractivity contribution is 5.32. The maximum Gasteiger partial charge on any atom is 0.401 e. The summed E-state index contributed by atoms with van der Waals surface area (Å²) in [6.45, 7) is 5.67. The summed E-state index contributed by atoms with van der Waals surface area (Å²) < 4.78 is 41.1. The number of rotatable bonds is 5. The number of halogens is 3. The first-order valence-corrected chi connectivity index (χ1v) is 6.19. The Labute approximate surface area is 112 Å². The van der Waals surface area contributed by atoms with Crippen molar-refractivity contribution in [1.29, 1.82) is 0 Å². The molecule has 0 aliphatic heterocycles. The third-order valence-corrected chi connectivity index (χ3v) is 2.57. The van der Waals surface area contributed by atoms with Crippen molar-refractivity contribution in [3.63, 3.8) is 0 Å². The summed E-state index contributed by atoms with van der Waals surface area (Å²) in [5.74, 6) is 0.682. The fraction of sp³-hybridized carbons (Fsp3) is 0.571. The van der Waals surface area contributed by atoms with E-state index in [9.17, 15) is 13.2 Å². The van der Waals surface area contributed by atoms with E-state index in [2.05, 4.69) is 26.1 Å². The van der Waals surface area contributed by atoms with Crippen LogP contribution in [-0.4, -0.2) is 25.9 Å². The second kappa shape index (κ2) is 6.28. The molecule has 1 aromatic rings. The molecule has 5 heteroatoms. The second-order valence-corrected chi connectivity index (χ2v) is 5.42. The molecule has 0 spiro atoms. The van der Waals surface area contributed by atoms with Crippen molar-refractivity contribution >= 4 is 0 Å². The van der Waals surface area contributed by atoms with E-state index in [0.717, 1.165) is 5.56 Å². The molecular weight excluding hydrogens is 255 g/mol. The Balaban J connectivity index is 2.38. The minimum Gasteiger partial charge on any atom is -0.492 e. The molecule has 0 saturated heterocycles. The first-order valence-electron chi connectivity index (χ1n) is 6.19. The fourth-order valence-corrected chi connectivity index (χ4v) is 1.52. The minimum atomic E-state index is -4.17. The molecule has 19 heavy (non-hydrogen) atoms. The maximum absolute atomic E-state index is 11.9. The number of alkyl halides is 3. The SMILES string of the molecule is CC(C)(C)c1cccc(OCCNCC(F)(F)F)c1. The predicted octanol–water partition coefficient (Wildman–Crippen LogP) is 3.51. The topological polar surface area (TPSA) is 21.3 Å². The van der Waals surface area contributed by atoms with Gasteiger partial charge in [-0.1, -0.05) is 32.9 Å². The highest BCUT2D eigenvalue weighted by Gasteiger charge is 2.25. The van der Waals surface area contributed by atoms with Crippen molar-refractivity contribution in [2.24, 2.45) is 0 Å². The highest BCUT2D eigenvalue weighted by atomic mass is 19.4. The molecule has 0 bridgehead atoms.